The first-order valence-electron chi connectivity index (χ1n) is 7.56. The summed E-state index contributed by atoms with van der Waals surface area (Å²) >= 11 is 0. The van der Waals surface area contributed by atoms with Gasteiger partial charge in [0.25, 0.3) is 0 Å². The molecule has 0 saturated heterocycles. The van der Waals surface area contributed by atoms with E-state index in [4.69, 9.17) is 0 Å². The van der Waals surface area contributed by atoms with Crippen LogP contribution in [0.5, 0.6) is 0 Å². The Bertz CT molecular complexity index is 427. The van der Waals surface area contributed by atoms with Gasteiger partial charge in [0.15, 0.2) is 0 Å². The van der Waals surface area contributed by atoms with E-state index in [0.717, 1.165) is 17.8 Å². The minimum atomic E-state index is 0.447. The third kappa shape index (κ3) is 1.75. The van der Waals surface area contributed by atoms with Gasteiger partial charge in [-0.3, -0.25) is 0 Å². The number of benzene rings is 1. The summed E-state index contributed by atoms with van der Waals surface area (Å²) in [6, 6.07) is 8.91. The fourth-order valence-corrected chi connectivity index (χ4v) is 5.29. The average molecular weight is 241 g/mol. The SMILES string of the molecule is Cc1cccc(NC23CC4CC(CC(C4)C2)C3)c1. The Morgan fingerprint density at radius 2 is 1.61 bits per heavy atom. The van der Waals surface area contributed by atoms with Crippen LogP contribution in [0.3, 0.4) is 0 Å². The summed E-state index contributed by atoms with van der Waals surface area (Å²) in [6.45, 7) is 2.19. The van der Waals surface area contributed by atoms with Crippen molar-refractivity contribution < 1.29 is 0 Å². The maximum Gasteiger partial charge on any atom is 0.0381 e. The Morgan fingerprint density at radius 1 is 1.00 bits per heavy atom. The molecule has 1 nitrogen and oxygen atoms in total. The van der Waals surface area contributed by atoms with E-state index in [-0.39, 0.29) is 0 Å². The summed E-state index contributed by atoms with van der Waals surface area (Å²) in [7, 11) is 0. The molecule has 0 radical (unpaired) electrons. The third-order valence-corrected chi connectivity index (χ3v) is 5.47. The second-order valence-electron chi connectivity index (χ2n) is 7.19. The van der Waals surface area contributed by atoms with Crippen LogP contribution in [0.15, 0.2) is 24.3 Å². The van der Waals surface area contributed by atoms with Crippen LogP contribution in [0.1, 0.15) is 44.1 Å². The molecule has 0 heterocycles. The summed E-state index contributed by atoms with van der Waals surface area (Å²) in [5, 5.41) is 3.93. The lowest BCUT2D eigenvalue weighted by atomic mass is 9.53. The highest BCUT2D eigenvalue weighted by atomic mass is 15.0. The molecule has 4 fully saturated rings. The van der Waals surface area contributed by atoms with E-state index in [1.54, 1.807) is 0 Å². The average Bonchev–Trinajstić information content (AvgIpc) is 2.25. The van der Waals surface area contributed by atoms with Crippen LogP contribution in [0, 0.1) is 24.7 Å². The first kappa shape index (κ1) is 10.9. The number of hydrogen-bond acceptors (Lipinski definition) is 1. The van der Waals surface area contributed by atoms with E-state index in [9.17, 15) is 0 Å². The van der Waals surface area contributed by atoms with Crippen LogP contribution in [-0.2, 0) is 0 Å². The van der Waals surface area contributed by atoms with Gasteiger partial charge in [0.2, 0.25) is 0 Å². The van der Waals surface area contributed by atoms with Crippen molar-refractivity contribution in [2.45, 2.75) is 51.0 Å². The summed E-state index contributed by atoms with van der Waals surface area (Å²) in [5.74, 6) is 3.07. The summed E-state index contributed by atoms with van der Waals surface area (Å²) in [6.07, 6.45) is 8.84. The molecule has 0 aliphatic heterocycles. The van der Waals surface area contributed by atoms with Gasteiger partial charge in [-0.2, -0.15) is 0 Å². The Labute approximate surface area is 110 Å². The number of anilines is 1. The molecule has 1 aromatic carbocycles. The molecule has 4 bridgehead atoms. The summed E-state index contributed by atoms with van der Waals surface area (Å²) in [4.78, 5) is 0. The van der Waals surface area contributed by atoms with Crippen molar-refractivity contribution in [1.82, 2.24) is 0 Å². The minimum Gasteiger partial charge on any atom is -0.380 e. The molecule has 0 amide bonds. The zero-order chi connectivity index (χ0) is 12.2. The van der Waals surface area contributed by atoms with Crippen LogP contribution in [-0.4, -0.2) is 5.54 Å². The van der Waals surface area contributed by atoms with Gasteiger partial charge in [0.05, 0.1) is 0 Å². The van der Waals surface area contributed by atoms with Gasteiger partial charge in [-0.1, -0.05) is 12.1 Å². The molecule has 1 heteroatoms. The monoisotopic (exact) mass is 241 g/mol. The maximum absolute atomic E-state index is 3.93. The fraction of sp³-hybridized carbons (Fsp3) is 0.647. The molecule has 0 unspecified atom stereocenters. The van der Waals surface area contributed by atoms with Crippen LogP contribution < -0.4 is 5.32 Å². The number of rotatable bonds is 2. The molecule has 1 aromatic rings. The van der Waals surface area contributed by atoms with Gasteiger partial charge in [-0.15, -0.1) is 0 Å². The Balaban J connectivity index is 1.60. The van der Waals surface area contributed by atoms with Crippen LogP contribution in [0.4, 0.5) is 5.69 Å². The van der Waals surface area contributed by atoms with E-state index in [2.05, 4.69) is 36.5 Å². The predicted octanol–water partition coefficient (Wildman–Crippen LogP) is 4.38. The van der Waals surface area contributed by atoms with Crippen molar-refractivity contribution in [3.05, 3.63) is 29.8 Å². The Hall–Kier alpha value is -0.980. The van der Waals surface area contributed by atoms with Crippen molar-refractivity contribution in [3.63, 3.8) is 0 Å². The zero-order valence-electron chi connectivity index (χ0n) is 11.3. The van der Waals surface area contributed by atoms with E-state index in [1.165, 1.54) is 49.8 Å². The van der Waals surface area contributed by atoms with Crippen molar-refractivity contribution >= 4 is 5.69 Å². The first-order valence-corrected chi connectivity index (χ1v) is 7.56. The lowest BCUT2D eigenvalue weighted by Crippen LogP contribution is -2.54. The topological polar surface area (TPSA) is 12.0 Å². The second kappa shape index (κ2) is 3.76. The van der Waals surface area contributed by atoms with Crippen molar-refractivity contribution in [1.29, 1.82) is 0 Å². The van der Waals surface area contributed by atoms with Gasteiger partial charge in [-0.05, 0) is 80.9 Å². The van der Waals surface area contributed by atoms with Crippen molar-refractivity contribution in [2.24, 2.45) is 17.8 Å². The maximum atomic E-state index is 3.93. The number of nitrogens with one attached hydrogen (secondary N) is 1. The van der Waals surface area contributed by atoms with Gasteiger partial charge in [-0.25, -0.2) is 0 Å². The van der Waals surface area contributed by atoms with E-state index in [1.807, 2.05) is 0 Å². The molecular weight excluding hydrogens is 218 g/mol. The smallest absolute Gasteiger partial charge is 0.0381 e. The van der Waals surface area contributed by atoms with Crippen LogP contribution in [0.25, 0.3) is 0 Å². The Kier molecular flexibility index (Phi) is 2.27. The molecule has 0 spiro atoms. The standard InChI is InChI=1S/C17H23N/c1-12-3-2-4-16(5-12)18-17-9-13-6-14(10-17)8-15(7-13)11-17/h2-5,13-15,18H,6-11H2,1H3. The molecular formula is C17H23N. The highest BCUT2D eigenvalue weighted by Crippen LogP contribution is 2.56. The highest BCUT2D eigenvalue weighted by molar-refractivity contribution is 5.48. The van der Waals surface area contributed by atoms with Crippen LogP contribution in [0.2, 0.25) is 0 Å². The lowest BCUT2D eigenvalue weighted by Gasteiger charge is -2.57. The molecule has 0 atom stereocenters. The molecule has 96 valence electrons. The highest BCUT2D eigenvalue weighted by Gasteiger charge is 2.50. The summed E-state index contributed by atoms with van der Waals surface area (Å²) in [5.41, 5.74) is 3.16. The molecule has 4 aliphatic carbocycles. The number of hydrogen-bond donors (Lipinski definition) is 1. The van der Waals surface area contributed by atoms with Crippen molar-refractivity contribution in [2.75, 3.05) is 5.32 Å². The molecule has 4 aliphatic rings. The van der Waals surface area contributed by atoms with Crippen molar-refractivity contribution in [3.8, 4) is 0 Å². The van der Waals surface area contributed by atoms with E-state index >= 15 is 0 Å². The largest absolute Gasteiger partial charge is 0.380 e. The van der Waals surface area contributed by atoms with Gasteiger partial charge in [0.1, 0.15) is 0 Å². The second-order valence-corrected chi connectivity index (χ2v) is 7.19. The Morgan fingerprint density at radius 3 is 2.17 bits per heavy atom. The van der Waals surface area contributed by atoms with E-state index in [0.29, 0.717) is 5.54 Å². The molecule has 1 N–H and O–H groups in total. The predicted molar refractivity (Wildman–Crippen MR) is 75.7 cm³/mol. The summed E-state index contributed by atoms with van der Waals surface area (Å²) < 4.78 is 0. The number of aryl methyl sites for hydroxylation is 1. The first-order chi connectivity index (χ1) is 8.71. The molecule has 4 saturated carbocycles. The molecule has 18 heavy (non-hydrogen) atoms. The minimum absolute atomic E-state index is 0.447. The quantitative estimate of drug-likeness (QED) is 0.810. The fourth-order valence-electron chi connectivity index (χ4n) is 5.29. The van der Waals surface area contributed by atoms with Gasteiger partial charge in [0, 0.05) is 11.2 Å². The normalized spacial score (nSPS) is 41.1. The van der Waals surface area contributed by atoms with Crippen LogP contribution >= 0.6 is 0 Å². The molecule has 0 aromatic heterocycles. The van der Waals surface area contributed by atoms with Gasteiger partial charge < -0.3 is 5.32 Å². The van der Waals surface area contributed by atoms with E-state index < -0.39 is 0 Å². The molecule has 5 rings (SSSR count). The zero-order valence-corrected chi connectivity index (χ0v) is 11.3. The van der Waals surface area contributed by atoms with Gasteiger partial charge >= 0.3 is 0 Å². The lowest BCUT2D eigenvalue weighted by molar-refractivity contribution is 0.0107. The third-order valence-electron chi connectivity index (χ3n) is 5.47.